The fourth-order valence-corrected chi connectivity index (χ4v) is 3.25. The van der Waals surface area contributed by atoms with Crippen molar-refractivity contribution in [2.24, 2.45) is 0 Å². The predicted molar refractivity (Wildman–Crippen MR) is 154 cm³/mol. The minimum Gasteiger partial charge on any atom is -0.480 e. The lowest BCUT2D eigenvalue weighted by Gasteiger charge is -2.21. The molecule has 2 aromatic carbocycles. The third-order valence-electron chi connectivity index (χ3n) is 5.43. The van der Waals surface area contributed by atoms with E-state index in [1.165, 1.54) is 6.92 Å². The number of carbonyl (C=O) groups excluding carboxylic acids is 4. The minimum atomic E-state index is -1.10. The van der Waals surface area contributed by atoms with E-state index < -0.39 is 30.2 Å². The zero-order valence-electron chi connectivity index (χ0n) is 24.4. The van der Waals surface area contributed by atoms with Gasteiger partial charge in [0.25, 0.3) is 5.91 Å². The predicted octanol–water partition coefficient (Wildman–Crippen LogP) is 3.88. The van der Waals surface area contributed by atoms with E-state index in [0.29, 0.717) is 13.1 Å². The van der Waals surface area contributed by atoms with Gasteiger partial charge in [0.15, 0.2) is 6.61 Å². The van der Waals surface area contributed by atoms with Crippen molar-refractivity contribution in [3.8, 4) is 0 Å². The summed E-state index contributed by atoms with van der Waals surface area (Å²) in [5, 5.41) is 13.2. The molecule has 3 N–H and O–H groups in total. The van der Waals surface area contributed by atoms with Gasteiger partial charge in [0, 0.05) is 19.6 Å². The average Bonchev–Trinajstić information content (AvgIpc) is 2.99. The van der Waals surface area contributed by atoms with Crippen LogP contribution < -0.4 is 10.6 Å². The van der Waals surface area contributed by atoms with E-state index in [2.05, 4.69) is 10.6 Å². The average molecular weight is 588 g/mol. The van der Waals surface area contributed by atoms with Gasteiger partial charge in [0.1, 0.15) is 19.3 Å². The highest BCUT2D eigenvalue weighted by molar-refractivity contribution is 5.81. The fraction of sp³-hybridized carbons (Fsp3) is 0.433. The maximum atomic E-state index is 12.0. The maximum absolute atomic E-state index is 12.0. The van der Waals surface area contributed by atoms with E-state index in [-0.39, 0.29) is 38.7 Å². The Labute approximate surface area is 246 Å². The van der Waals surface area contributed by atoms with Crippen molar-refractivity contribution in [1.82, 2.24) is 15.5 Å². The van der Waals surface area contributed by atoms with E-state index >= 15 is 0 Å². The first-order valence-electron chi connectivity index (χ1n) is 13.7. The van der Waals surface area contributed by atoms with Gasteiger partial charge in [-0.1, -0.05) is 74.5 Å². The van der Waals surface area contributed by atoms with Gasteiger partial charge in [0.05, 0.1) is 6.42 Å². The van der Waals surface area contributed by atoms with Crippen LogP contribution >= 0.6 is 0 Å². The van der Waals surface area contributed by atoms with Crippen LogP contribution in [0.4, 0.5) is 9.59 Å². The van der Waals surface area contributed by atoms with Crippen LogP contribution in [0.15, 0.2) is 60.7 Å². The van der Waals surface area contributed by atoms with Crippen LogP contribution in [-0.2, 0) is 41.8 Å². The molecule has 0 aliphatic carbocycles. The molecule has 230 valence electrons. The van der Waals surface area contributed by atoms with Gasteiger partial charge in [-0.15, -0.1) is 0 Å². The molecule has 0 radical (unpaired) electrons. The fourth-order valence-electron chi connectivity index (χ4n) is 3.25. The summed E-state index contributed by atoms with van der Waals surface area (Å²) in [6.45, 7) is 6.76. The van der Waals surface area contributed by atoms with Crippen LogP contribution in [0.3, 0.4) is 0 Å². The van der Waals surface area contributed by atoms with E-state index in [1.807, 2.05) is 74.5 Å². The normalized spacial score (nSPS) is 10.6. The quantitative estimate of drug-likeness (QED) is 0.207. The number of nitrogens with one attached hydrogen (secondary N) is 2. The van der Waals surface area contributed by atoms with E-state index in [0.717, 1.165) is 24.0 Å². The number of rotatable bonds is 15. The Hall–Kier alpha value is -4.61. The van der Waals surface area contributed by atoms with Crippen molar-refractivity contribution in [3.05, 3.63) is 71.8 Å². The largest absolute Gasteiger partial charge is 0.480 e. The highest BCUT2D eigenvalue weighted by Gasteiger charge is 2.15. The zero-order chi connectivity index (χ0) is 31.2. The Bertz CT molecular complexity index is 1090. The Morgan fingerprint density at radius 2 is 1.29 bits per heavy atom. The van der Waals surface area contributed by atoms with E-state index in [4.69, 9.17) is 19.3 Å². The van der Waals surface area contributed by atoms with Gasteiger partial charge in [0.2, 0.25) is 0 Å². The van der Waals surface area contributed by atoms with Crippen LogP contribution in [0.5, 0.6) is 0 Å². The Balaban J connectivity index is 0.000000470. The number of aliphatic carboxylic acids is 1. The van der Waals surface area contributed by atoms with E-state index in [9.17, 15) is 24.0 Å². The summed E-state index contributed by atoms with van der Waals surface area (Å²) in [4.78, 5) is 58.5. The number of nitrogens with zero attached hydrogens (tertiary/aromatic N) is 1. The van der Waals surface area contributed by atoms with Gasteiger partial charge in [-0.3, -0.25) is 14.4 Å². The van der Waals surface area contributed by atoms with Crippen molar-refractivity contribution in [1.29, 1.82) is 0 Å². The summed E-state index contributed by atoms with van der Waals surface area (Å²) < 4.78 is 14.8. The highest BCUT2D eigenvalue weighted by atomic mass is 16.6. The number of benzene rings is 2. The summed E-state index contributed by atoms with van der Waals surface area (Å²) >= 11 is 0. The summed E-state index contributed by atoms with van der Waals surface area (Å²) in [7, 11) is 0. The summed E-state index contributed by atoms with van der Waals surface area (Å²) in [5.74, 6) is -1.83. The van der Waals surface area contributed by atoms with Gasteiger partial charge in [-0.25, -0.2) is 9.59 Å². The van der Waals surface area contributed by atoms with Crippen molar-refractivity contribution in [3.63, 3.8) is 0 Å². The second kappa shape index (κ2) is 21.2. The molecule has 0 spiro atoms. The molecular formula is C30H41N3O9. The number of carboxylic acids is 1. The molecule has 0 aromatic heterocycles. The third kappa shape index (κ3) is 16.5. The first kappa shape index (κ1) is 35.4. The highest BCUT2D eigenvalue weighted by Crippen LogP contribution is 2.02. The lowest BCUT2D eigenvalue weighted by atomic mass is 10.2. The van der Waals surface area contributed by atoms with Gasteiger partial charge < -0.3 is 34.9 Å². The number of hydrogen-bond acceptors (Lipinski definition) is 8. The zero-order valence-corrected chi connectivity index (χ0v) is 24.4. The third-order valence-corrected chi connectivity index (χ3v) is 5.43. The van der Waals surface area contributed by atoms with Crippen LogP contribution in [0.1, 0.15) is 51.2 Å². The Kier molecular flexibility index (Phi) is 17.9. The molecule has 42 heavy (non-hydrogen) atoms. The number of hydrogen-bond donors (Lipinski definition) is 3. The molecule has 12 nitrogen and oxygen atoms in total. The molecule has 0 heterocycles. The van der Waals surface area contributed by atoms with Crippen molar-refractivity contribution >= 4 is 30.0 Å². The molecule has 0 fully saturated rings. The first-order chi connectivity index (χ1) is 20.2. The number of ether oxygens (including phenoxy) is 3. The molecule has 12 heteroatoms. The molecular weight excluding hydrogens is 546 g/mol. The lowest BCUT2D eigenvalue weighted by molar-refractivity contribution is -0.152. The SMILES string of the molecule is CC(NC(=O)OCc1ccccc1)C(=O)O.CCCN(CCC)C(=O)COC(=O)CCNC(=O)OCc1ccccc1. The van der Waals surface area contributed by atoms with E-state index in [1.54, 1.807) is 4.90 Å². The smallest absolute Gasteiger partial charge is 0.408 e. The molecule has 0 bridgehead atoms. The van der Waals surface area contributed by atoms with Crippen LogP contribution in [0, 0.1) is 0 Å². The Morgan fingerprint density at radius 1 is 0.786 bits per heavy atom. The molecule has 0 saturated carbocycles. The monoisotopic (exact) mass is 587 g/mol. The molecule has 2 rings (SSSR count). The minimum absolute atomic E-state index is 0.0186. The molecule has 0 aliphatic rings. The summed E-state index contributed by atoms with van der Waals surface area (Å²) in [6, 6.07) is 17.5. The second-order valence-electron chi connectivity index (χ2n) is 9.05. The van der Waals surface area contributed by atoms with Gasteiger partial charge in [-0.2, -0.15) is 0 Å². The number of alkyl carbamates (subject to hydrolysis) is 2. The van der Waals surface area contributed by atoms with Crippen molar-refractivity contribution < 1.29 is 43.3 Å². The molecule has 1 atom stereocenters. The number of esters is 1. The molecule has 1 unspecified atom stereocenters. The van der Waals surface area contributed by atoms with Gasteiger partial charge in [-0.05, 0) is 30.9 Å². The summed E-state index contributed by atoms with van der Waals surface area (Å²) in [6.07, 6.45) is 0.354. The first-order valence-corrected chi connectivity index (χ1v) is 13.7. The second-order valence-corrected chi connectivity index (χ2v) is 9.05. The van der Waals surface area contributed by atoms with Crippen LogP contribution in [0.2, 0.25) is 0 Å². The molecule has 0 saturated heterocycles. The molecule has 2 aromatic rings. The summed E-state index contributed by atoms with van der Waals surface area (Å²) in [5.41, 5.74) is 1.73. The molecule has 3 amide bonds. The maximum Gasteiger partial charge on any atom is 0.408 e. The Morgan fingerprint density at radius 3 is 1.76 bits per heavy atom. The lowest BCUT2D eigenvalue weighted by Crippen LogP contribution is -2.38. The van der Waals surface area contributed by atoms with Gasteiger partial charge >= 0.3 is 24.1 Å². The molecule has 0 aliphatic heterocycles. The number of amides is 3. The van der Waals surface area contributed by atoms with Crippen molar-refractivity contribution in [2.75, 3.05) is 26.2 Å². The number of carboxylic acid groups (broad SMARTS) is 1. The topological polar surface area (TPSA) is 161 Å². The van der Waals surface area contributed by atoms with Crippen molar-refractivity contribution in [2.45, 2.75) is 59.3 Å². The standard InChI is InChI=1S/C19H28N2O5.C11H13NO4/c1-3-12-21(13-4-2)17(22)15-25-18(23)10-11-20-19(24)26-14-16-8-6-5-7-9-16;1-8(10(13)14)12-11(15)16-7-9-5-3-2-4-6-9/h5-9H,3-4,10-15H2,1-2H3,(H,20,24);2-6,8H,7H2,1H3,(H,12,15)(H,13,14). The van der Waals surface area contributed by atoms with Crippen LogP contribution in [0.25, 0.3) is 0 Å². The number of carbonyl (C=O) groups is 5. The van der Waals surface area contributed by atoms with Crippen LogP contribution in [-0.4, -0.2) is 72.3 Å².